The zero-order chi connectivity index (χ0) is 13.8. The van der Waals surface area contributed by atoms with Gasteiger partial charge in [0.05, 0.1) is 12.6 Å². The largest absolute Gasteiger partial charge is 0.380 e. The zero-order valence-corrected chi connectivity index (χ0v) is 11.6. The topological polar surface area (TPSA) is 74.2 Å². The molecule has 1 aromatic carbocycles. The number of hydrogen-bond acceptors (Lipinski definition) is 5. The Morgan fingerprint density at radius 3 is 3.00 bits per heavy atom. The Kier molecular flexibility index (Phi) is 4.52. The molecule has 0 amide bonds. The number of rotatable bonds is 5. The highest BCUT2D eigenvalue weighted by molar-refractivity contribution is 6.30. The van der Waals surface area contributed by atoms with Crippen molar-refractivity contribution in [3.63, 3.8) is 0 Å². The van der Waals surface area contributed by atoms with E-state index in [0.29, 0.717) is 30.0 Å². The van der Waals surface area contributed by atoms with Gasteiger partial charge in [-0.05, 0) is 31.5 Å². The Hall–Kier alpha value is -1.43. The van der Waals surface area contributed by atoms with Crippen molar-refractivity contribution < 1.29 is 9.26 Å². The van der Waals surface area contributed by atoms with Gasteiger partial charge in [0.1, 0.15) is 0 Å². The first-order valence-electron chi connectivity index (χ1n) is 6.05. The molecule has 0 saturated carbocycles. The summed E-state index contributed by atoms with van der Waals surface area (Å²) in [6.45, 7) is 4.83. The monoisotopic (exact) mass is 281 g/mol. The Balaban J connectivity index is 2.23. The molecular weight excluding hydrogens is 266 g/mol. The molecule has 1 atom stereocenters. The highest BCUT2D eigenvalue weighted by Crippen LogP contribution is 2.25. The molecule has 0 fully saturated rings. The molecule has 102 valence electrons. The second kappa shape index (κ2) is 6.14. The first kappa shape index (κ1) is 14.0. The molecule has 2 rings (SSSR count). The molecule has 6 heteroatoms. The molecule has 2 aromatic rings. The normalized spacial score (nSPS) is 12.6. The first-order valence-corrected chi connectivity index (χ1v) is 6.43. The maximum Gasteiger partial charge on any atom is 0.258 e. The fourth-order valence-electron chi connectivity index (χ4n) is 1.64. The van der Waals surface area contributed by atoms with Gasteiger partial charge in [0.25, 0.3) is 5.89 Å². The standard InChI is InChI=1S/C13H16ClN3O2/c1-3-18-7-11(15)12-16-13(19-17-12)10-6-9(14)5-4-8(10)2/h4-6,11H,3,7,15H2,1-2H3. The minimum absolute atomic E-state index is 0.365. The van der Waals surface area contributed by atoms with Crippen molar-refractivity contribution in [2.75, 3.05) is 13.2 Å². The van der Waals surface area contributed by atoms with Gasteiger partial charge in [-0.15, -0.1) is 0 Å². The van der Waals surface area contributed by atoms with Gasteiger partial charge < -0.3 is 15.0 Å². The summed E-state index contributed by atoms with van der Waals surface area (Å²) in [5.41, 5.74) is 7.73. The lowest BCUT2D eigenvalue weighted by atomic mass is 10.1. The van der Waals surface area contributed by atoms with Crippen LogP contribution in [0.25, 0.3) is 11.5 Å². The second-order valence-electron chi connectivity index (χ2n) is 4.18. The van der Waals surface area contributed by atoms with Gasteiger partial charge in [-0.1, -0.05) is 22.8 Å². The molecule has 2 N–H and O–H groups in total. The van der Waals surface area contributed by atoms with Crippen LogP contribution in [0.1, 0.15) is 24.4 Å². The van der Waals surface area contributed by atoms with Crippen molar-refractivity contribution in [1.82, 2.24) is 10.1 Å². The fourth-order valence-corrected chi connectivity index (χ4v) is 1.81. The van der Waals surface area contributed by atoms with Crippen LogP contribution in [0.4, 0.5) is 0 Å². The van der Waals surface area contributed by atoms with Crippen molar-refractivity contribution in [3.05, 3.63) is 34.6 Å². The summed E-state index contributed by atoms with van der Waals surface area (Å²) in [4.78, 5) is 4.29. The van der Waals surface area contributed by atoms with E-state index in [4.69, 9.17) is 26.6 Å². The maximum atomic E-state index is 5.97. The molecule has 0 radical (unpaired) electrons. The molecule has 0 bridgehead atoms. The maximum absolute atomic E-state index is 5.97. The van der Waals surface area contributed by atoms with Crippen molar-refractivity contribution in [3.8, 4) is 11.5 Å². The van der Waals surface area contributed by atoms with Gasteiger partial charge in [0.2, 0.25) is 0 Å². The van der Waals surface area contributed by atoms with Gasteiger partial charge in [-0.25, -0.2) is 0 Å². The Labute approximate surface area is 116 Å². The average molecular weight is 282 g/mol. The van der Waals surface area contributed by atoms with Crippen LogP contribution in [0.2, 0.25) is 5.02 Å². The molecule has 1 aromatic heterocycles. The van der Waals surface area contributed by atoms with Crippen molar-refractivity contribution in [1.29, 1.82) is 0 Å². The number of nitrogens with two attached hydrogens (primary N) is 1. The third-order valence-corrected chi connectivity index (χ3v) is 2.94. The number of benzene rings is 1. The third kappa shape index (κ3) is 3.32. The number of hydrogen-bond donors (Lipinski definition) is 1. The third-order valence-electron chi connectivity index (χ3n) is 2.70. The van der Waals surface area contributed by atoms with Crippen LogP contribution in [-0.4, -0.2) is 23.4 Å². The zero-order valence-electron chi connectivity index (χ0n) is 10.9. The second-order valence-corrected chi connectivity index (χ2v) is 4.62. The van der Waals surface area contributed by atoms with E-state index in [9.17, 15) is 0 Å². The lowest BCUT2D eigenvalue weighted by Gasteiger charge is -2.05. The quantitative estimate of drug-likeness (QED) is 0.912. The van der Waals surface area contributed by atoms with Crippen molar-refractivity contribution in [2.24, 2.45) is 5.73 Å². The molecular formula is C13H16ClN3O2. The highest BCUT2D eigenvalue weighted by Gasteiger charge is 2.16. The number of aryl methyl sites for hydroxylation is 1. The van der Waals surface area contributed by atoms with Crippen LogP contribution in [0.5, 0.6) is 0 Å². The highest BCUT2D eigenvalue weighted by atomic mass is 35.5. The molecule has 1 heterocycles. The van der Waals surface area contributed by atoms with Crippen LogP contribution in [0.3, 0.4) is 0 Å². The lowest BCUT2D eigenvalue weighted by Crippen LogP contribution is -2.18. The number of aromatic nitrogens is 2. The molecule has 0 spiro atoms. The fraction of sp³-hybridized carbons (Fsp3) is 0.385. The van der Waals surface area contributed by atoms with E-state index in [1.807, 2.05) is 26.0 Å². The molecule has 0 aliphatic carbocycles. The predicted octanol–water partition coefficient (Wildman–Crippen LogP) is 2.73. The first-order chi connectivity index (χ1) is 9.11. The van der Waals surface area contributed by atoms with Gasteiger partial charge in [0.15, 0.2) is 5.82 Å². The number of nitrogens with zero attached hydrogens (tertiary/aromatic N) is 2. The minimum atomic E-state index is -0.392. The van der Waals surface area contributed by atoms with E-state index >= 15 is 0 Å². The Morgan fingerprint density at radius 1 is 1.47 bits per heavy atom. The van der Waals surface area contributed by atoms with E-state index in [1.54, 1.807) is 6.07 Å². The molecule has 0 saturated heterocycles. The summed E-state index contributed by atoms with van der Waals surface area (Å²) >= 11 is 5.97. The summed E-state index contributed by atoms with van der Waals surface area (Å²) in [5, 5.41) is 4.51. The number of ether oxygens (including phenoxy) is 1. The molecule has 19 heavy (non-hydrogen) atoms. The minimum Gasteiger partial charge on any atom is -0.380 e. The number of halogens is 1. The van der Waals surface area contributed by atoms with E-state index in [2.05, 4.69) is 10.1 Å². The van der Waals surface area contributed by atoms with Gasteiger partial charge in [-0.2, -0.15) is 4.98 Å². The van der Waals surface area contributed by atoms with Crippen molar-refractivity contribution in [2.45, 2.75) is 19.9 Å². The molecule has 5 nitrogen and oxygen atoms in total. The molecule has 0 aliphatic rings. The Bertz CT molecular complexity index is 557. The van der Waals surface area contributed by atoms with Gasteiger partial charge >= 0.3 is 0 Å². The van der Waals surface area contributed by atoms with Gasteiger partial charge in [0, 0.05) is 17.2 Å². The average Bonchev–Trinajstić information content (AvgIpc) is 2.88. The SMILES string of the molecule is CCOCC(N)c1noc(-c2cc(Cl)ccc2C)n1. The van der Waals surface area contributed by atoms with Crippen LogP contribution < -0.4 is 5.73 Å². The van der Waals surface area contributed by atoms with E-state index < -0.39 is 6.04 Å². The van der Waals surface area contributed by atoms with Crippen LogP contribution in [-0.2, 0) is 4.74 Å². The van der Waals surface area contributed by atoms with Gasteiger partial charge in [-0.3, -0.25) is 0 Å². The van der Waals surface area contributed by atoms with Crippen LogP contribution in [0, 0.1) is 6.92 Å². The van der Waals surface area contributed by atoms with Crippen molar-refractivity contribution >= 4 is 11.6 Å². The Morgan fingerprint density at radius 2 is 2.26 bits per heavy atom. The summed E-state index contributed by atoms with van der Waals surface area (Å²) in [6.07, 6.45) is 0. The van der Waals surface area contributed by atoms with Crippen LogP contribution >= 0.6 is 11.6 Å². The van der Waals surface area contributed by atoms with E-state index in [0.717, 1.165) is 11.1 Å². The smallest absolute Gasteiger partial charge is 0.258 e. The summed E-state index contributed by atoms with van der Waals surface area (Å²) in [6, 6.07) is 5.12. The summed E-state index contributed by atoms with van der Waals surface area (Å²) in [7, 11) is 0. The lowest BCUT2D eigenvalue weighted by molar-refractivity contribution is 0.130. The molecule has 0 aliphatic heterocycles. The molecule has 1 unspecified atom stereocenters. The van der Waals surface area contributed by atoms with E-state index in [1.165, 1.54) is 0 Å². The summed E-state index contributed by atoms with van der Waals surface area (Å²) < 4.78 is 10.5. The predicted molar refractivity (Wildman–Crippen MR) is 72.9 cm³/mol. The summed E-state index contributed by atoms with van der Waals surface area (Å²) in [5.74, 6) is 0.852. The van der Waals surface area contributed by atoms with Crippen LogP contribution in [0.15, 0.2) is 22.7 Å². The van der Waals surface area contributed by atoms with E-state index in [-0.39, 0.29) is 0 Å².